The van der Waals surface area contributed by atoms with Gasteiger partial charge in [-0.15, -0.1) is 0 Å². The lowest BCUT2D eigenvalue weighted by molar-refractivity contribution is 0.716. The van der Waals surface area contributed by atoms with Crippen molar-refractivity contribution >= 4 is 17.0 Å². The summed E-state index contributed by atoms with van der Waals surface area (Å²) in [6.45, 7) is 29.2. The molecule has 7 aromatic rings. The first kappa shape index (κ1) is 61.7. The Balaban J connectivity index is 0.000000270. The molecule has 0 amide bonds. The Morgan fingerprint density at radius 1 is 0.532 bits per heavy atom. The Labute approximate surface area is 466 Å². The van der Waals surface area contributed by atoms with Crippen molar-refractivity contribution in [3.8, 4) is 22.3 Å². The molecule has 2 aliphatic rings. The van der Waals surface area contributed by atoms with Crippen molar-refractivity contribution in [2.24, 2.45) is 4.99 Å². The van der Waals surface area contributed by atoms with Gasteiger partial charge in [-0.1, -0.05) is 275 Å². The van der Waals surface area contributed by atoms with Gasteiger partial charge in [0.2, 0.25) is 0 Å². The molecule has 1 atom stereocenters. The van der Waals surface area contributed by atoms with Crippen molar-refractivity contribution in [1.82, 2.24) is 5.32 Å². The van der Waals surface area contributed by atoms with E-state index in [4.69, 9.17) is 0 Å². The molecule has 0 aromatic heterocycles. The van der Waals surface area contributed by atoms with Gasteiger partial charge in [0.1, 0.15) is 5.84 Å². The fourth-order valence-corrected chi connectivity index (χ4v) is 8.81. The maximum atomic E-state index is 4.62. The normalized spacial score (nSPS) is 13.1. The molecule has 0 fully saturated rings. The van der Waals surface area contributed by atoms with Crippen LogP contribution in [0.2, 0.25) is 0 Å². The van der Waals surface area contributed by atoms with Gasteiger partial charge in [0, 0.05) is 18.7 Å². The third kappa shape index (κ3) is 20.7. The predicted octanol–water partition coefficient (Wildman–Crippen LogP) is 21.3. The summed E-state index contributed by atoms with van der Waals surface area (Å²) in [7, 11) is 1.85. The summed E-state index contributed by atoms with van der Waals surface area (Å²) in [5, 5.41) is 3.64. The molecule has 0 radical (unpaired) electrons. The van der Waals surface area contributed by atoms with Crippen LogP contribution in [0.3, 0.4) is 0 Å². The van der Waals surface area contributed by atoms with Crippen LogP contribution in [0.4, 0.5) is 0 Å². The molecule has 0 saturated carbocycles. The van der Waals surface area contributed by atoms with E-state index in [1.54, 1.807) is 0 Å². The van der Waals surface area contributed by atoms with Gasteiger partial charge in [-0.25, -0.2) is 0 Å². The lowest BCUT2D eigenvalue weighted by Crippen LogP contribution is -2.27. The summed E-state index contributed by atoms with van der Waals surface area (Å²) < 4.78 is 0. The monoisotopic (exact) mass is 1020 g/mol. The second kappa shape index (κ2) is 34.0. The zero-order valence-electron chi connectivity index (χ0n) is 48.9. The van der Waals surface area contributed by atoms with Crippen LogP contribution in [0.1, 0.15) is 130 Å². The second-order valence-corrected chi connectivity index (χ2v) is 19.2. The quantitative estimate of drug-likeness (QED) is 0.0824. The van der Waals surface area contributed by atoms with Crippen molar-refractivity contribution in [3.63, 3.8) is 0 Å². The number of hydrogen-bond acceptors (Lipinski definition) is 1. The SMILES string of the molecule is C=C(C)/C=C(\C=C/C1=CCCC=C1C)c1cccc(C(=NC)NC(C)c2ccc(C3=CCCC=C3)cc2)c1.CC.CC.Cc1cccc(-c2ccc(-c3ccccc3C)c(C)c2)c1.Cc1ccccc1.Cc1ccccc1. The molecule has 0 heterocycles. The highest BCUT2D eigenvalue weighted by Gasteiger charge is 2.13. The number of aliphatic imine (C=N–C) groups is 1. The summed E-state index contributed by atoms with van der Waals surface area (Å²) in [4.78, 5) is 4.62. The van der Waals surface area contributed by atoms with E-state index in [0.717, 1.165) is 53.8 Å². The fourth-order valence-electron chi connectivity index (χ4n) is 8.81. The van der Waals surface area contributed by atoms with Crippen LogP contribution in [0.25, 0.3) is 33.4 Å². The van der Waals surface area contributed by atoms with Gasteiger partial charge < -0.3 is 5.32 Å². The molecule has 0 aliphatic heterocycles. The van der Waals surface area contributed by atoms with Gasteiger partial charge in [-0.2, -0.15) is 0 Å². The highest BCUT2D eigenvalue weighted by molar-refractivity contribution is 6.00. The number of nitrogens with zero attached hydrogens (tertiary/aromatic N) is 1. The summed E-state index contributed by atoms with van der Waals surface area (Å²) in [5.41, 5.74) is 22.7. The van der Waals surface area contributed by atoms with Crippen LogP contribution in [0, 0.1) is 34.6 Å². The maximum Gasteiger partial charge on any atom is 0.128 e. The van der Waals surface area contributed by atoms with Crippen LogP contribution in [-0.2, 0) is 0 Å². The van der Waals surface area contributed by atoms with Gasteiger partial charge in [0.25, 0.3) is 0 Å². The first-order chi connectivity index (χ1) is 37.4. The molecule has 0 spiro atoms. The Bertz CT molecular complexity index is 3080. The summed E-state index contributed by atoms with van der Waals surface area (Å²) in [6, 6.07) is 62.1. The van der Waals surface area contributed by atoms with Crippen LogP contribution < -0.4 is 5.32 Å². The van der Waals surface area contributed by atoms with Crippen molar-refractivity contribution in [2.75, 3.05) is 7.05 Å². The van der Waals surface area contributed by atoms with Crippen LogP contribution in [-0.4, -0.2) is 12.9 Å². The largest absolute Gasteiger partial charge is 0.363 e. The molecule has 7 aromatic carbocycles. The Morgan fingerprint density at radius 3 is 1.65 bits per heavy atom. The van der Waals surface area contributed by atoms with E-state index in [-0.39, 0.29) is 6.04 Å². The smallest absolute Gasteiger partial charge is 0.128 e. The van der Waals surface area contributed by atoms with Crippen LogP contribution >= 0.6 is 0 Å². The van der Waals surface area contributed by atoms with Crippen molar-refractivity contribution in [2.45, 2.75) is 115 Å². The third-order valence-corrected chi connectivity index (χ3v) is 13.0. The standard InChI is InChI=1S/C36H40N2.C21H20.2C7H8.2C2H6/c1-26(2)24-34(23-18-29-13-10-9-12-27(29)3)33-16-11-17-35(25-33)36(37-5)38-28(4)30-19-21-32(22-20-30)31-14-7-6-8-15-31;1-15-7-6-9-18(13-15)19-11-12-21(17(3)14-19)20-10-5-4-8-16(20)2;2*1-7-5-3-2-4-6-7;2*1-2/h7,11-25,28H,1,6,8-10H2,2-5H3,(H,37,38);4-14H,1-3H3;2*2-6H,1H3;2*1-2H3/b23-18-,34-24+;;;;;. The molecule has 9 rings (SSSR count). The maximum absolute atomic E-state index is 4.62. The summed E-state index contributed by atoms with van der Waals surface area (Å²) in [6.07, 6.45) is 22.5. The molecule has 0 saturated heterocycles. The number of amidine groups is 1. The molecular formula is C75H88N2. The van der Waals surface area contributed by atoms with Gasteiger partial charge in [0.15, 0.2) is 0 Å². The van der Waals surface area contributed by atoms with Crippen LogP contribution in [0.5, 0.6) is 0 Å². The number of rotatable bonds is 10. The van der Waals surface area contributed by atoms with E-state index in [1.165, 1.54) is 77.9 Å². The zero-order chi connectivity index (χ0) is 56.0. The molecule has 398 valence electrons. The van der Waals surface area contributed by atoms with Crippen molar-refractivity contribution < 1.29 is 0 Å². The molecule has 1 unspecified atom stereocenters. The second-order valence-electron chi connectivity index (χ2n) is 19.2. The highest BCUT2D eigenvalue weighted by Crippen LogP contribution is 2.31. The Kier molecular flexibility index (Phi) is 27.2. The fraction of sp³-hybridized carbons (Fsp3) is 0.240. The minimum Gasteiger partial charge on any atom is -0.363 e. The molecule has 2 aliphatic carbocycles. The van der Waals surface area contributed by atoms with Gasteiger partial charge in [-0.05, 0) is 160 Å². The Morgan fingerprint density at radius 2 is 1.09 bits per heavy atom. The van der Waals surface area contributed by atoms with Gasteiger partial charge in [0.05, 0.1) is 0 Å². The molecule has 0 bridgehead atoms. The number of aryl methyl sites for hydroxylation is 5. The van der Waals surface area contributed by atoms with E-state index in [9.17, 15) is 0 Å². The van der Waals surface area contributed by atoms with Gasteiger partial charge >= 0.3 is 0 Å². The zero-order valence-corrected chi connectivity index (χ0v) is 48.9. The molecule has 77 heavy (non-hydrogen) atoms. The minimum atomic E-state index is 0.126. The summed E-state index contributed by atoms with van der Waals surface area (Å²) in [5.74, 6) is 0.883. The van der Waals surface area contributed by atoms with E-state index in [2.05, 4.69) is 253 Å². The Hall–Kier alpha value is -7.81. The molecule has 2 nitrogen and oxygen atoms in total. The molecular weight excluding hydrogens is 929 g/mol. The first-order valence-electron chi connectivity index (χ1n) is 27.9. The third-order valence-electron chi connectivity index (χ3n) is 13.0. The number of allylic oxidation sites excluding steroid dienone is 13. The van der Waals surface area contributed by atoms with E-state index >= 15 is 0 Å². The molecule has 1 N–H and O–H groups in total. The van der Waals surface area contributed by atoms with Gasteiger partial charge in [-0.3, -0.25) is 4.99 Å². The predicted molar refractivity (Wildman–Crippen MR) is 343 cm³/mol. The van der Waals surface area contributed by atoms with Crippen molar-refractivity contribution in [1.29, 1.82) is 0 Å². The van der Waals surface area contributed by atoms with E-state index in [0.29, 0.717) is 0 Å². The van der Waals surface area contributed by atoms with Crippen LogP contribution in [0.15, 0.2) is 253 Å². The average molecular weight is 1020 g/mol. The van der Waals surface area contributed by atoms with Crippen molar-refractivity contribution in [3.05, 3.63) is 298 Å². The molecule has 2 heteroatoms. The van der Waals surface area contributed by atoms with E-state index < -0.39 is 0 Å². The highest BCUT2D eigenvalue weighted by atomic mass is 15.0. The van der Waals surface area contributed by atoms with E-state index in [1.807, 2.05) is 78.1 Å². The lowest BCUT2D eigenvalue weighted by Gasteiger charge is -2.19. The lowest BCUT2D eigenvalue weighted by atomic mass is 9.93. The minimum absolute atomic E-state index is 0.126. The summed E-state index contributed by atoms with van der Waals surface area (Å²) >= 11 is 0. The number of nitrogens with one attached hydrogen (secondary N) is 1. The topological polar surface area (TPSA) is 24.4 Å². The number of hydrogen-bond donors (Lipinski definition) is 1. The average Bonchev–Trinajstić information content (AvgIpc) is 3.46. The first-order valence-corrected chi connectivity index (χ1v) is 27.9. The number of benzene rings is 7.